The van der Waals surface area contributed by atoms with Gasteiger partial charge in [0.1, 0.15) is 0 Å². The average molecular weight is 119 g/mol. The molecule has 0 saturated heterocycles. The Labute approximate surface area is 46.1 Å². The summed E-state index contributed by atoms with van der Waals surface area (Å²) in [5.74, 6) is 0. The van der Waals surface area contributed by atoms with Gasteiger partial charge in [-0.25, -0.2) is 0 Å². The smallest absolute Gasteiger partial charge is 0.000496 e. The molecule has 0 aromatic carbocycles. The second kappa shape index (κ2) is 5.43. The van der Waals surface area contributed by atoms with Crippen LogP contribution in [0.25, 0.3) is 0 Å². The molecule has 1 rings (SSSR count). The lowest BCUT2D eigenvalue weighted by atomic mass is 10.7. The van der Waals surface area contributed by atoms with Crippen LogP contribution in [0, 0.1) is 0 Å². The number of hydrogen-bond donors (Lipinski definition) is 1. The van der Waals surface area contributed by atoms with Gasteiger partial charge in [0.15, 0.2) is 0 Å². The lowest BCUT2D eigenvalue weighted by Crippen LogP contribution is -1.38. The third kappa shape index (κ3) is 3.25. The number of rotatable bonds is 0. The van der Waals surface area contributed by atoms with Crippen LogP contribution in [0.15, 0.2) is 24.5 Å². The molecule has 3 heteroatoms. The normalized spacial score (nSPS) is 5.71. The molecule has 1 N–H and O–H groups in total. The van der Waals surface area contributed by atoms with E-state index in [9.17, 15) is 0 Å². The van der Waals surface area contributed by atoms with Crippen molar-refractivity contribution in [3.63, 3.8) is 0 Å². The van der Waals surface area contributed by atoms with Crippen molar-refractivity contribution < 1.29 is 4.70 Å². The minimum atomic E-state index is 0. The van der Waals surface area contributed by atoms with Crippen molar-refractivity contribution >= 4 is 11.0 Å². The molecule has 0 fully saturated rings. The third-order valence-electron chi connectivity index (χ3n) is 0.496. The maximum Gasteiger partial charge on any atom is 0.000496 e. The Morgan fingerprint density at radius 1 is 1.00 bits per heavy atom. The van der Waals surface area contributed by atoms with Crippen LogP contribution in [-0.2, 0) is 0 Å². The molecular formula is C4H10FNSi. The van der Waals surface area contributed by atoms with Gasteiger partial charge in [0.2, 0.25) is 0 Å². The van der Waals surface area contributed by atoms with Crippen LogP contribution in [0.1, 0.15) is 0 Å². The molecule has 42 valence electrons. The summed E-state index contributed by atoms with van der Waals surface area (Å²) < 4.78 is 0. The van der Waals surface area contributed by atoms with E-state index in [-0.39, 0.29) is 15.7 Å². The number of aromatic nitrogens is 1. The Hall–Kier alpha value is -0.573. The number of halogens is 1. The van der Waals surface area contributed by atoms with Gasteiger partial charge < -0.3 is 4.98 Å². The SMILES string of the molecule is F.[SiH4].c1cc[nH]c1. The quantitative estimate of drug-likeness (QED) is 0.452. The second-order valence-electron chi connectivity index (χ2n) is 0.885. The van der Waals surface area contributed by atoms with E-state index in [1.165, 1.54) is 0 Å². The summed E-state index contributed by atoms with van der Waals surface area (Å²) in [5.41, 5.74) is 0. The largest absolute Gasteiger partial charge is 0.368 e. The Balaban J connectivity index is 0. The fourth-order valence-corrected chi connectivity index (χ4v) is 0.278. The second-order valence-corrected chi connectivity index (χ2v) is 0.885. The molecule has 0 atom stereocenters. The maximum atomic E-state index is 2.86. The molecular weight excluding hydrogens is 109 g/mol. The summed E-state index contributed by atoms with van der Waals surface area (Å²) >= 11 is 0. The number of H-pyrrole nitrogens is 1. The Bertz CT molecular complexity index is 68.2. The van der Waals surface area contributed by atoms with Crippen LogP contribution in [-0.4, -0.2) is 15.9 Å². The third-order valence-corrected chi connectivity index (χ3v) is 0.496. The summed E-state index contributed by atoms with van der Waals surface area (Å²) in [6, 6.07) is 3.89. The van der Waals surface area contributed by atoms with Crippen molar-refractivity contribution in [1.29, 1.82) is 0 Å². The molecule has 0 aliphatic carbocycles. The zero-order valence-electron chi connectivity index (χ0n) is 3.22. The Morgan fingerprint density at radius 3 is 1.57 bits per heavy atom. The van der Waals surface area contributed by atoms with Crippen LogP contribution in [0.5, 0.6) is 0 Å². The number of aromatic amines is 1. The van der Waals surface area contributed by atoms with Crippen molar-refractivity contribution in [3.8, 4) is 0 Å². The molecule has 0 aliphatic heterocycles. The van der Waals surface area contributed by atoms with Gasteiger partial charge in [-0.2, -0.15) is 0 Å². The van der Waals surface area contributed by atoms with Crippen molar-refractivity contribution in [3.05, 3.63) is 24.5 Å². The molecule has 0 amide bonds. The van der Waals surface area contributed by atoms with Gasteiger partial charge in [-0.15, -0.1) is 0 Å². The van der Waals surface area contributed by atoms with E-state index in [0.29, 0.717) is 0 Å². The maximum absolute atomic E-state index is 2.86. The van der Waals surface area contributed by atoms with Crippen LogP contribution in [0.3, 0.4) is 0 Å². The highest BCUT2D eigenvalue weighted by atomic mass is 28.1. The minimum absolute atomic E-state index is 0. The molecule has 0 unspecified atom stereocenters. The molecule has 0 aliphatic rings. The van der Waals surface area contributed by atoms with Gasteiger partial charge in [-0.3, -0.25) is 4.70 Å². The average Bonchev–Trinajstić information content (AvgIpc) is 1.76. The molecule has 0 spiro atoms. The predicted octanol–water partition coefficient (Wildman–Crippen LogP) is -0.284. The molecule has 1 aromatic heterocycles. The number of hydrogen-bond acceptors (Lipinski definition) is 0. The lowest BCUT2D eigenvalue weighted by Gasteiger charge is -1.49. The summed E-state index contributed by atoms with van der Waals surface area (Å²) in [6.07, 6.45) is 3.75. The number of nitrogens with one attached hydrogen (secondary N) is 1. The van der Waals surface area contributed by atoms with Crippen molar-refractivity contribution in [2.75, 3.05) is 0 Å². The zero-order chi connectivity index (χ0) is 3.54. The first-order chi connectivity index (χ1) is 2.50. The highest BCUT2D eigenvalue weighted by Crippen LogP contribution is 1.72. The molecule has 1 heterocycles. The van der Waals surface area contributed by atoms with Gasteiger partial charge in [-0.1, -0.05) is 0 Å². The summed E-state index contributed by atoms with van der Waals surface area (Å²) in [6.45, 7) is 0. The van der Waals surface area contributed by atoms with Crippen LogP contribution in [0.4, 0.5) is 4.70 Å². The molecule has 0 saturated carbocycles. The van der Waals surface area contributed by atoms with E-state index in [1.54, 1.807) is 0 Å². The van der Waals surface area contributed by atoms with Gasteiger partial charge >= 0.3 is 0 Å². The first-order valence-corrected chi connectivity index (χ1v) is 1.58. The van der Waals surface area contributed by atoms with E-state index in [0.717, 1.165) is 0 Å². The Kier molecular flexibility index (Phi) is 7.49. The van der Waals surface area contributed by atoms with Crippen LogP contribution < -0.4 is 0 Å². The van der Waals surface area contributed by atoms with Gasteiger partial charge in [0.25, 0.3) is 0 Å². The zero-order valence-corrected chi connectivity index (χ0v) is 3.22. The summed E-state index contributed by atoms with van der Waals surface area (Å²) in [5, 5.41) is 0. The van der Waals surface area contributed by atoms with Gasteiger partial charge in [-0.05, 0) is 23.1 Å². The highest BCUT2D eigenvalue weighted by Gasteiger charge is 1.55. The van der Waals surface area contributed by atoms with E-state index in [2.05, 4.69) is 4.98 Å². The van der Waals surface area contributed by atoms with Gasteiger partial charge in [0.05, 0.1) is 0 Å². The molecule has 7 heavy (non-hydrogen) atoms. The fraction of sp³-hybridized carbons (Fsp3) is 0. The monoisotopic (exact) mass is 119 g/mol. The first-order valence-electron chi connectivity index (χ1n) is 1.58. The first kappa shape index (κ1) is 9.66. The summed E-state index contributed by atoms with van der Waals surface area (Å²) in [7, 11) is 0. The van der Waals surface area contributed by atoms with Crippen molar-refractivity contribution in [2.45, 2.75) is 0 Å². The van der Waals surface area contributed by atoms with E-state index < -0.39 is 0 Å². The van der Waals surface area contributed by atoms with Crippen molar-refractivity contribution in [2.24, 2.45) is 0 Å². The van der Waals surface area contributed by atoms with Crippen LogP contribution in [0.2, 0.25) is 0 Å². The van der Waals surface area contributed by atoms with E-state index >= 15 is 0 Å². The molecule has 1 aromatic rings. The Morgan fingerprint density at radius 2 is 1.43 bits per heavy atom. The molecule has 0 bridgehead atoms. The minimum Gasteiger partial charge on any atom is -0.368 e. The standard InChI is InChI=1S/C4H5N.FH.H4Si/c1-2-4-5-3-1;;/h1-5H;1H;1H4. The molecule has 0 radical (unpaired) electrons. The van der Waals surface area contributed by atoms with E-state index in [4.69, 9.17) is 0 Å². The highest BCUT2D eigenvalue weighted by molar-refractivity contribution is 5.75. The molecule has 1 nitrogen and oxygen atoms in total. The fourth-order valence-electron chi connectivity index (χ4n) is 0.278. The topological polar surface area (TPSA) is 15.8 Å². The predicted molar refractivity (Wildman–Crippen MR) is 34.6 cm³/mol. The van der Waals surface area contributed by atoms with Gasteiger partial charge in [0, 0.05) is 12.4 Å². The lowest BCUT2D eigenvalue weighted by molar-refractivity contribution is 1.11. The van der Waals surface area contributed by atoms with Crippen LogP contribution >= 0.6 is 0 Å². The summed E-state index contributed by atoms with van der Waals surface area (Å²) in [4.78, 5) is 2.86. The van der Waals surface area contributed by atoms with Crippen molar-refractivity contribution in [1.82, 2.24) is 4.98 Å². The van der Waals surface area contributed by atoms with E-state index in [1.807, 2.05) is 24.5 Å².